The lowest BCUT2D eigenvalue weighted by Crippen LogP contribution is -2.20. The summed E-state index contributed by atoms with van der Waals surface area (Å²) in [5, 5.41) is 8.89. The number of carboxylic acid groups (broad SMARTS) is 1. The largest absolute Gasteiger partial charge is 0.477 e. The molecule has 1 aromatic rings. The zero-order valence-corrected chi connectivity index (χ0v) is 8.50. The van der Waals surface area contributed by atoms with Gasteiger partial charge in [0.1, 0.15) is 11.3 Å². The third-order valence-corrected chi connectivity index (χ3v) is 2.88. The second kappa shape index (κ2) is 3.53. The minimum Gasteiger partial charge on any atom is -0.477 e. The Hall–Kier alpha value is -1.58. The molecule has 1 aliphatic rings. The van der Waals surface area contributed by atoms with Gasteiger partial charge in [-0.05, 0) is 37.3 Å². The minimum atomic E-state index is -1.20. The van der Waals surface area contributed by atoms with Crippen molar-refractivity contribution in [2.75, 3.05) is 0 Å². The van der Waals surface area contributed by atoms with Gasteiger partial charge in [0.2, 0.25) is 0 Å². The van der Waals surface area contributed by atoms with Gasteiger partial charge >= 0.3 is 11.6 Å². The van der Waals surface area contributed by atoms with Crippen molar-refractivity contribution in [1.29, 1.82) is 0 Å². The monoisotopic (exact) mass is 208 g/mol. The topological polar surface area (TPSA) is 67.5 Å². The van der Waals surface area contributed by atoms with Gasteiger partial charge in [0, 0.05) is 6.42 Å². The molecule has 0 spiro atoms. The van der Waals surface area contributed by atoms with Crippen LogP contribution in [0.5, 0.6) is 0 Å². The molecule has 0 unspecified atom stereocenters. The molecule has 0 atom stereocenters. The second-order valence-corrected chi connectivity index (χ2v) is 3.80. The van der Waals surface area contributed by atoms with Crippen LogP contribution in [0.4, 0.5) is 0 Å². The summed E-state index contributed by atoms with van der Waals surface area (Å²) >= 11 is 0. The number of hydrogen-bond acceptors (Lipinski definition) is 3. The van der Waals surface area contributed by atoms with E-state index in [-0.39, 0.29) is 5.56 Å². The van der Waals surface area contributed by atoms with E-state index in [0.29, 0.717) is 11.3 Å². The fraction of sp³-hybridized carbons (Fsp3) is 0.455. The molecule has 4 nitrogen and oxygen atoms in total. The number of hydrogen-bond donors (Lipinski definition) is 1. The molecule has 0 saturated heterocycles. The summed E-state index contributed by atoms with van der Waals surface area (Å²) in [5.74, 6) is -0.525. The molecule has 80 valence electrons. The predicted molar refractivity (Wildman–Crippen MR) is 53.3 cm³/mol. The van der Waals surface area contributed by atoms with E-state index < -0.39 is 11.6 Å². The first-order chi connectivity index (χ1) is 7.11. The molecule has 0 aliphatic heterocycles. The summed E-state index contributed by atoms with van der Waals surface area (Å²) in [7, 11) is 0. The molecular weight excluding hydrogens is 196 g/mol. The number of aromatic carboxylic acids is 1. The molecule has 0 aromatic carbocycles. The number of carbonyl (C=O) groups is 1. The van der Waals surface area contributed by atoms with Crippen LogP contribution in [0.1, 0.15) is 40.1 Å². The lowest BCUT2D eigenvalue weighted by molar-refractivity contribution is 0.0690. The minimum absolute atomic E-state index is 0.212. The summed E-state index contributed by atoms with van der Waals surface area (Å²) < 4.78 is 5.04. The van der Waals surface area contributed by atoms with Gasteiger partial charge < -0.3 is 9.52 Å². The van der Waals surface area contributed by atoms with E-state index in [4.69, 9.17) is 9.52 Å². The van der Waals surface area contributed by atoms with Crippen LogP contribution in [-0.4, -0.2) is 11.1 Å². The van der Waals surface area contributed by atoms with Crippen molar-refractivity contribution in [1.82, 2.24) is 0 Å². The summed E-state index contributed by atoms with van der Waals surface area (Å²) in [5.41, 5.74) is 0.558. The molecule has 15 heavy (non-hydrogen) atoms. The lowest BCUT2D eigenvalue weighted by atomic mass is 9.92. The maximum atomic E-state index is 11.4. The fourth-order valence-corrected chi connectivity index (χ4v) is 2.10. The van der Waals surface area contributed by atoms with Crippen LogP contribution in [0.3, 0.4) is 0 Å². The first kappa shape index (κ1) is 9.96. The maximum absolute atomic E-state index is 11.4. The van der Waals surface area contributed by atoms with Gasteiger partial charge in [0.25, 0.3) is 0 Å². The second-order valence-electron chi connectivity index (χ2n) is 3.80. The van der Waals surface area contributed by atoms with Crippen LogP contribution >= 0.6 is 0 Å². The van der Waals surface area contributed by atoms with Crippen molar-refractivity contribution < 1.29 is 14.3 Å². The molecule has 1 aliphatic carbocycles. The van der Waals surface area contributed by atoms with E-state index >= 15 is 0 Å². The summed E-state index contributed by atoms with van der Waals surface area (Å²) in [6.45, 7) is 1.69. The quantitative estimate of drug-likeness (QED) is 0.759. The van der Waals surface area contributed by atoms with Gasteiger partial charge in [-0.15, -0.1) is 0 Å². The molecule has 1 aromatic heterocycles. The molecule has 0 fully saturated rings. The highest BCUT2D eigenvalue weighted by atomic mass is 16.4. The summed E-state index contributed by atoms with van der Waals surface area (Å²) in [6.07, 6.45) is 3.58. The van der Waals surface area contributed by atoms with Crippen LogP contribution in [0, 0.1) is 6.92 Å². The molecule has 0 radical (unpaired) electrons. The van der Waals surface area contributed by atoms with E-state index in [0.717, 1.165) is 31.2 Å². The van der Waals surface area contributed by atoms with Crippen molar-refractivity contribution in [2.45, 2.75) is 32.6 Å². The Morgan fingerprint density at radius 3 is 2.67 bits per heavy atom. The van der Waals surface area contributed by atoms with Gasteiger partial charge in [-0.25, -0.2) is 9.59 Å². The number of carboxylic acids is 1. The van der Waals surface area contributed by atoms with Gasteiger partial charge in [-0.2, -0.15) is 0 Å². The lowest BCUT2D eigenvalue weighted by Gasteiger charge is -2.16. The van der Waals surface area contributed by atoms with Crippen LogP contribution in [0.25, 0.3) is 0 Å². The Morgan fingerprint density at radius 1 is 1.33 bits per heavy atom. The molecule has 0 saturated carbocycles. The first-order valence-electron chi connectivity index (χ1n) is 5.00. The van der Waals surface area contributed by atoms with Crippen molar-refractivity contribution >= 4 is 5.97 Å². The Morgan fingerprint density at radius 2 is 2.00 bits per heavy atom. The SMILES string of the molecule is Cc1c2c(oc(=O)c1C(=O)O)CCCC2. The molecule has 0 bridgehead atoms. The fourth-order valence-electron chi connectivity index (χ4n) is 2.10. The highest BCUT2D eigenvalue weighted by molar-refractivity contribution is 5.89. The third-order valence-electron chi connectivity index (χ3n) is 2.88. The standard InChI is InChI=1S/C11H12O4/c1-6-7-4-2-3-5-8(7)15-11(14)9(6)10(12)13/h2-5H2,1H3,(H,12,13). The average molecular weight is 208 g/mol. The smallest absolute Gasteiger partial charge is 0.350 e. The summed E-state index contributed by atoms with van der Waals surface area (Å²) in [4.78, 5) is 22.3. The Labute approximate surface area is 86.5 Å². The number of rotatable bonds is 1. The average Bonchev–Trinajstić information content (AvgIpc) is 2.17. The zero-order valence-electron chi connectivity index (χ0n) is 8.50. The van der Waals surface area contributed by atoms with E-state index in [1.807, 2.05) is 0 Å². The maximum Gasteiger partial charge on any atom is 0.350 e. The number of aryl methyl sites for hydroxylation is 1. The molecule has 1 N–H and O–H groups in total. The van der Waals surface area contributed by atoms with Crippen molar-refractivity contribution in [3.8, 4) is 0 Å². The van der Waals surface area contributed by atoms with Gasteiger partial charge in [0.05, 0.1) is 0 Å². The Balaban J connectivity index is 2.70. The van der Waals surface area contributed by atoms with Crippen LogP contribution in [-0.2, 0) is 12.8 Å². The summed E-state index contributed by atoms with van der Waals surface area (Å²) in [6, 6.07) is 0. The van der Waals surface area contributed by atoms with E-state index in [1.165, 1.54) is 0 Å². The normalized spacial score (nSPS) is 14.7. The number of fused-ring (bicyclic) bond motifs is 1. The van der Waals surface area contributed by atoms with Crippen LogP contribution in [0.15, 0.2) is 9.21 Å². The Bertz CT molecular complexity index is 470. The molecule has 1 heterocycles. The first-order valence-corrected chi connectivity index (χ1v) is 5.00. The van der Waals surface area contributed by atoms with E-state index in [2.05, 4.69) is 0 Å². The third kappa shape index (κ3) is 1.56. The van der Waals surface area contributed by atoms with Crippen LogP contribution in [0.2, 0.25) is 0 Å². The van der Waals surface area contributed by atoms with Crippen molar-refractivity contribution in [3.05, 3.63) is 32.9 Å². The molecular formula is C11H12O4. The van der Waals surface area contributed by atoms with Crippen LogP contribution < -0.4 is 5.63 Å². The Kier molecular flexibility index (Phi) is 2.34. The predicted octanol–water partition coefficient (Wildman–Crippen LogP) is 1.53. The zero-order chi connectivity index (χ0) is 11.0. The van der Waals surface area contributed by atoms with Gasteiger partial charge in [0.15, 0.2) is 0 Å². The van der Waals surface area contributed by atoms with E-state index in [9.17, 15) is 9.59 Å². The molecule has 4 heteroatoms. The van der Waals surface area contributed by atoms with Crippen molar-refractivity contribution in [2.24, 2.45) is 0 Å². The van der Waals surface area contributed by atoms with Gasteiger partial charge in [-0.1, -0.05) is 0 Å². The molecule has 0 amide bonds. The van der Waals surface area contributed by atoms with E-state index in [1.54, 1.807) is 6.92 Å². The highest BCUT2D eigenvalue weighted by Gasteiger charge is 2.22. The van der Waals surface area contributed by atoms with Crippen molar-refractivity contribution in [3.63, 3.8) is 0 Å². The molecule has 2 rings (SSSR count). The highest BCUT2D eigenvalue weighted by Crippen LogP contribution is 2.24. The van der Waals surface area contributed by atoms with Gasteiger partial charge in [-0.3, -0.25) is 0 Å².